The Hall–Kier alpha value is -3.13. The lowest BCUT2D eigenvalue weighted by Crippen LogP contribution is -2.34. The van der Waals surface area contributed by atoms with E-state index in [-0.39, 0.29) is 28.3 Å². The van der Waals surface area contributed by atoms with Crippen LogP contribution in [0.15, 0.2) is 36.9 Å². The minimum absolute atomic E-state index is 0.107. The smallest absolute Gasteiger partial charge is 0.347 e. The van der Waals surface area contributed by atoms with Gasteiger partial charge in [-0.15, -0.1) is 0 Å². The molecule has 5 atom stereocenters. The van der Waals surface area contributed by atoms with E-state index in [0.717, 1.165) is 0 Å². The second-order valence-electron chi connectivity index (χ2n) is 6.95. The Bertz CT molecular complexity index is 1220. The molecule has 0 amide bonds. The second kappa shape index (κ2) is 9.02. The predicted molar refractivity (Wildman–Crippen MR) is 108 cm³/mol. The third kappa shape index (κ3) is 4.53. The summed E-state index contributed by atoms with van der Waals surface area (Å²) < 4.78 is 33.2. The predicted octanol–water partition coefficient (Wildman–Crippen LogP) is -0.622. The van der Waals surface area contributed by atoms with Crippen LogP contribution < -0.4 is 15.4 Å². The highest BCUT2D eigenvalue weighted by atomic mass is 31.2. The van der Waals surface area contributed by atoms with Gasteiger partial charge in [-0.2, -0.15) is 0 Å². The Labute approximate surface area is 186 Å². The van der Waals surface area contributed by atoms with Crippen LogP contribution in [0.4, 0.5) is 5.82 Å². The number of aliphatic hydroxyl groups excluding tert-OH is 2. The first-order valence-electron chi connectivity index (χ1n) is 9.49. The molecule has 4 rings (SSSR count). The van der Waals surface area contributed by atoms with Crippen molar-refractivity contribution in [2.75, 3.05) is 19.5 Å². The number of nitrogen functional groups attached to an aromatic ring is 1. The van der Waals surface area contributed by atoms with Crippen LogP contribution in [0.1, 0.15) is 16.6 Å². The summed E-state index contributed by atoms with van der Waals surface area (Å²) in [4.78, 5) is 36.3. The molecule has 33 heavy (non-hydrogen) atoms. The van der Waals surface area contributed by atoms with Gasteiger partial charge in [0.15, 0.2) is 17.7 Å². The number of aromatic nitrogens is 4. The van der Waals surface area contributed by atoms with Crippen LogP contribution in [-0.4, -0.2) is 67.7 Å². The number of methoxy groups -OCH3 is 1. The lowest BCUT2D eigenvalue weighted by Gasteiger charge is -2.24. The molecule has 1 aliphatic rings. The maximum Gasteiger partial charge on any atom is 0.347 e. The molecule has 176 valence electrons. The minimum Gasteiger partial charge on any atom is -0.746 e. The number of fused-ring (bicyclic) bond motifs is 1. The van der Waals surface area contributed by atoms with Crippen molar-refractivity contribution in [3.8, 4) is 5.75 Å². The number of hydrogen-bond acceptors (Lipinski definition) is 13. The summed E-state index contributed by atoms with van der Waals surface area (Å²) in [6.07, 6.45) is -2.99. The summed E-state index contributed by atoms with van der Waals surface area (Å²) in [5.41, 5.74) is 6.11. The molecule has 1 aliphatic heterocycles. The molecule has 1 fully saturated rings. The lowest BCUT2D eigenvalue weighted by atomic mass is 10.1. The van der Waals surface area contributed by atoms with Crippen LogP contribution in [0, 0.1) is 0 Å². The molecule has 0 bridgehead atoms. The Kier molecular flexibility index (Phi) is 6.30. The van der Waals surface area contributed by atoms with E-state index in [1.165, 1.54) is 42.5 Å². The van der Waals surface area contributed by atoms with E-state index in [9.17, 15) is 24.5 Å². The van der Waals surface area contributed by atoms with Crippen LogP contribution in [0.5, 0.6) is 5.75 Å². The number of nitrogens with zero attached hydrogens (tertiary/aromatic N) is 4. The first-order valence-corrected chi connectivity index (χ1v) is 10.9. The van der Waals surface area contributed by atoms with Crippen molar-refractivity contribution in [3.63, 3.8) is 0 Å². The monoisotopic (exact) mass is 480 g/mol. The Balaban J connectivity index is 1.43. The quantitative estimate of drug-likeness (QED) is 0.361. The van der Waals surface area contributed by atoms with Gasteiger partial charge >= 0.3 is 13.8 Å². The summed E-state index contributed by atoms with van der Waals surface area (Å²) in [6, 6.07) is 5.86. The number of phosphoric acid groups is 1. The number of rotatable bonds is 7. The highest BCUT2D eigenvalue weighted by molar-refractivity contribution is 7.46. The topological polar surface area (TPSA) is 204 Å². The third-order valence-corrected chi connectivity index (χ3v) is 5.77. The van der Waals surface area contributed by atoms with Crippen LogP contribution >= 0.6 is 7.82 Å². The highest BCUT2D eigenvalue weighted by Gasteiger charge is 2.45. The third-order valence-electron chi connectivity index (χ3n) is 4.92. The summed E-state index contributed by atoms with van der Waals surface area (Å²) in [7, 11) is -3.84. The second-order valence-corrected chi connectivity index (χ2v) is 8.29. The highest BCUT2D eigenvalue weighted by Crippen LogP contribution is 2.42. The zero-order valence-electron chi connectivity index (χ0n) is 17.0. The molecular weight excluding hydrogens is 461 g/mol. The number of carbonyl (C=O) groups is 1. The van der Waals surface area contributed by atoms with E-state index >= 15 is 0 Å². The van der Waals surface area contributed by atoms with Crippen molar-refractivity contribution in [2.24, 2.45) is 0 Å². The van der Waals surface area contributed by atoms with Crippen molar-refractivity contribution in [1.82, 2.24) is 19.5 Å². The summed E-state index contributed by atoms with van der Waals surface area (Å²) >= 11 is 0. The van der Waals surface area contributed by atoms with Gasteiger partial charge in [-0.05, 0) is 12.1 Å². The number of ether oxygens (including phenoxy) is 2. The van der Waals surface area contributed by atoms with Gasteiger partial charge in [0.1, 0.15) is 41.5 Å². The number of para-hydroxylation sites is 1. The van der Waals surface area contributed by atoms with Gasteiger partial charge in [0, 0.05) is 0 Å². The zero-order valence-corrected chi connectivity index (χ0v) is 17.9. The SMILES string of the molecule is COc1ccccc1C(=O)OP(=O)([O-])OC[C@H]1O[C@@H](n2cnc3c(N)ncnc32)[C@H](O)[C@@H]1O. The van der Waals surface area contributed by atoms with Gasteiger partial charge in [0.05, 0.1) is 20.0 Å². The van der Waals surface area contributed by atoms with E-state index in [1.54, 1.807) is 6.07 Å². The van der Waals surface area contributed by atoms with Crippen LogP contribution in [-0.2, 0) is 18.3 Å². The fraction of sp³-hybridized carbons (Fsp3) is 0.333. The molecule has 0 spiro atoms. The van der Waals surface area contributed by atoms with E-state index in [2.05, 4.69) is 19.5 Å². The van der Waals surface area contributed by atoms with Crippen molar-refractivity contribution in [3.05, 3.63) is 42.5 Å². The summed E-state index contributed by atoms with van der Waals surface area (Å²) in [5, 5.41) is 20.7. The molecule has 3 aromatic rings. The first kappa shape index (κ1) is 23.0. The molecule has 14 nitrogen and oxygen atoms in total. The largest absolute Gasteiger partial charge is 0.746 e. The summed E-state index contributed by atoms with van der Waals surface area (Å²) in [5.74, 6) is -0.991. The van der Waals surface area contributed by atoms with E-state index in [1.807, 2.05) is 0 Å². The maximum absolute atomic E-state index is 12.2. The number of imidazole rings is 1. The molecule has 3 heterocycles. The number of phosphoric ester groups is 1. The zero-order chi connectivity index (χ0) is 23.8. The van der Waals surface area contributed by atoms with Crippen molar-refractivity contribution in [1.29, 1.82) is 0 Å². The molecule has 15 heteroatoms. The van der Waals surface area contributed by atoms with Gasteiger partial charge in [-0.3, -0.25) is 9.13 Å². The minimum atomic E-state index is -5.15. The fourth-order valence-corrected chi connectivity index (χ4v) is 3.99. The van der Waals surface area contributed by atoms with Crippen LogP contribution in [0.25, 0.3) is 11.2 Å². The number of aliphatic hydroxyl groups is 2. The number of benzene rings is 1. The molecule has 0 radical (unpaired) electrons. The van der Waals surface area contributed by atoms with Crippen LogP contribution in [0.3, 0.4) is 0 Å². The average molecular weight is 480 g/mol. The van der Waals surface area contributed by atoms with Crippen molar-refractivity contribution >= 4 is 30.8 Å². The van der Waals surface area contributed by atoms with Gasteiger partial charge in [-0.1, -0.05) is 12.1 Å². The Morgan fingerprint density at radius 3 is 2.79 bits per heavy atom. The molecule has 2 aromatic heterocycles. The molecule has 1 unspecified atom stereocenters. The van der Waals surface area contributed by atoms with Gasteiger partial charge in [-0.25, -0.2) is 19.7 Å². The molecule has 4 N–H and O–H groups in total. The molecule has 1 saturated heterocycles. The average Bonchev–Trinajstić information content (AvgIpc) is 3.34. The fourth-order valence-electron chi connectivity index (χ4n) is 3.31. The standard InChI is InChI=1S/C18H20N5O9P/c1-29-10-5-3-2-4-9(10)18(26)32-33(27,28)30-6-11-13(24)14(25)17(31-11)23-8-22-12-15(19)20-7-21-16(12)23/h2-5,7-8,11,13-14,17,24-25H,6H2,1H3,(H,27,28)(H2,19,20,21)/p-1/t11-,13-,14-,17-/m1/s1. The number of anilines is 1. The Morgan fingerprint density at radius 2 is 2.03 bits per heavy atom. The van der Waals surface area contributed by atoms with Crippen molar-refractivity contribution < 1.29 is 43.0 Å². The number of carbonyl (C=O) groups excluding carboxylic acids is 1. The number of nitrogens with two attached hydrogens (primary N) is 1. The Morgan fingerprint density at radius 1 is 1.27 bits per heavy atom. The summed E-state index contributed by atoms with van der Waals surface area (Å²) in [6.45, 7) is -0.738. The van der Waals surface area contributed by atoms with E-state index < -0.39 is 44.9 Å². The molecule has 1 aromatic carbocycles. The lowest BCUT2D eigenvalue weighted by molar-refractivity contribution is -0.222. The first-order chi connectivity index (χ1) is 15.7. The molecule has 0 aliphatic carbocycles. The van der Waals surface area contributed by atoms with E-state index in [0.29, 0.717) is 0 Å². The van der Waals surface area contributed by atoms with E-state index in [4.69, 9.17) is 19.7 Å². The normalized spacial score (nSPS) is 24.5. The molecule has 0 saturated carbocycles. The van der Waals surface area contributed by atoms with Gasteiger partial charge in [0.25, 0.3) is 0 Å². The maximum atomic E-state index is 12.2. The van der Waals surface area contributed by atoms with Gasteiger partial charge in [0.2, 0.25) is 0 Å². The van der Waals surface area contributed by atoms with Crippen molar-refractivity contribution in [2.45, 2.75) is 24.5 Å². The molecular formula is C18H19N5O9P-. The van der Waals surface area contributed by atoms with Gasteiger partial charge < -0.3 is 39.4 Å². The van der Waals surface area contributed by atoms with Crippen LogP contribution in [0.2, 0.25) is 0 Å². The number of hydrogen-bond donors (Lipinski definition) is 3.